The molecule has 1 aromatic rings. The minimum Gasteiger partial charge on any atom is -0.454 e. The Morgan fingerprint density at radius 3 is 3.15 bits per heavy atom. The second-order valence-electron chi connectivity index (χ2n) is 7.21. The summed E-state index contributed by atoms with van der Waals surface area (Å²) in [4.78, 5) is 15.0. The molecule has 1 aromatic carbocycles. The van der Waals surface area contributed by atoms with E-state index in [4.69, 9.17) is 18.9 Å². The SMILES string of the molecule is C=CCOC[C@@]12CCCO[C@H]1CCN(C(=O)c1ccc3c(c1)OCO3)C2. The third kappa shape index (κ3) is 3.19. The van der Waals surface area contributed by atoms with Crippen LogP contribution in [0.15, 0.2) is 30.9 Å². The Labute approximate surface area is 153 Å². The Morgan fingerprint density at radius 2 is 2.27 bits per heavy atom. The van der Waals surface area contributed by atoms with Gasteiger partial charge in [0.25, 0.3) is 5.91 Å². The lowest BCUT2D eigenvalue weighted by atomic mass is 9.73. The maximum Gasteiger partial charge on any atom is 0.254 e. The van der Waals surface area contributed by atoms with Gasteiger partial charge in [-0.1, -0.05) is 6.08 Å². The van der Waals surface area contributed by atoms with Crippen LogP contribution in [-0.2, 0) is 9.47 Å². The molecule has 6 nitrogen and oxygen atoms in total. The zero-order valence-corrected chi connectivity index (χ0v) is 14.9. The summed E-state index contributed by atoms with van der Waals surface area (Å²) in [5.74, 6) is 1.35. The Hall–Kier alpha value is -2.05. The molecule has 3 aliphatic heterocycles. The topological polar surface area (TPSA) is 57.2 Å². The van der Waals surface area contributed by atoms with Crippen LogP contribution in [-0.4, -0.2) is 56.6 Å². The van der Waals surface area contributed by atoms with Crippen LogP contribution >= 0.6 is 0 Å². The first-order valence-electron chi connectivity index (χ1n) is 9.21. The first-order chi connectivity index (χ1) is 12.7. The van der Waals surface area contributed by atoms with Gasteiger partial charge in [-0.15, -0.1) is 6.58 Å². The number of piperidine rings is 1. The van der Waals surface area contributed by atoms with Crippen LogP contribution < -0.4 is 9.47 Å². The largest absolute Gasteiger partial charge is 0.454 e. The van der Waals surface area contributed by atoms with E-state index >= 15 is 0 Å². The molecule has 0 aromatic heterocycles. The van der Waals surface area contributed by atoms with Crippen LogP contribution in [0, 0.1) is 5.41 Å². The highest BCUT2D eigenvalue weighted by Gasteiger charge is 2.47. The molecule has 3 aliphatic rings. The maximum atomic E-state index is 13.1. The van der Waals surface area contributed by atoms with Gasteiger partial charge in [-0.2, -0.15) is 0 Å². The van der Waals surface area contributed by atoms with Crippen molar-refractivity contribution in [2.24, 2.45) is 5.41 Å². The number of likely N-dealkylation sites (tertiary alicyclic amines) is 1. The molecule has 0 N–H and O–H groups in total. The maximum absolute atomic E-state index is 13.1. The average molecular weight is 359 g/mol. The molecule has 0 aliphatic carbocycles. The molecule has 4 rings (SSSR count). The fourth-order valence-electron chi connectivity index (χ4n) is 4.23. The van der Waals surface area contributed by atoms with E-state index in [0.29, 0.717) is 43.4 Å². The van der Waals surface area contributed by atoms with Crippen molar-refractivity contribution in [3.05, 3.63) is 36.4 Å². The van der Waals surface area contributed by atoms with E-state index in [-0.39, 0.29) is 24.2 Å². The highest BCUT2D eigenvalue weighted by Crippen LogP contribution is 2.41. The second-order valence-corrected chi connectivity index (χ2v) is 7.21. The van der Waals surface area contributed by atoms with Crippen LogP contribution in [0.25, 0.3) is 0 Å². The number of rotatable bonds is 5. The number of nitrogens with zero attached hydrogens (tertiary/aromatic N) is 1. The molecular formula is C20H25NO5. The second kappa shape index (κ2) is 7.29. The highest BCUT2D eigenvalue weighted by atomic mass is 16.7. The molecule has 0 radical (unpaired) electrons. The van der Waals surface area contributed by atoms with Gasteiger partial charge < -0.3 is 23.8 Å². The standard InChI is InChI=1S/C20H25NO5/c1-2-9-23-13-20-7-3-10-24-18(20)6-8-21(12-20)19(22)15-4-5-16-17(11-15)26-14-25-16/h2,4-5,11,18H,1,3,6-10,12-14H2/t18-,20-/m0/s1. The molecule has 2 fully saturated rings. The molecule has 6 heteroatoms. The number of carbonyl (C=O) groups excluding carboxylic acids is 1. The van der Waals surface area contributed by atoms with E-state index in [1.54, 1.807) is 24.3 Å². The number of hydrogen-bond acceptors (Lipinski definition) is 5. The molecule has 0 bridgehead atoms. The molecule has 140 valence electrons. The fourth-order valence-corrected chi connectivity index (χ4v) is 4.23. The Morgan fingerprint density at radius 1 is 1.38 bits per heavy atom. The van der Waals surface area contributed by atoms with Crippen molar-refractivity contribution in [1.82, 2.24) is 4.90 Å². The third-order valence-electron chi connectivity index (χ3n) is 5.52. The molecule has 0 saturated carbocycles. The van der Waals surface area contributed by atoms with E-state index in [0.717, 1.165) is 25.9 Å². The van der Waals surface area contributed by atoms with Gasteiger partial charge in [0.05, 0.1) is 19.3 Å². The normalized spacial score (nSPS) is 27.1. The van der Waals surface area contributed by atoms with E-state index in [9.17, 15) is 4.79 Å². The lowest BCUT2D eigenvalue weighted by Crippen LogP contribution is -2.58. The average Bonchev–Trinajstić information content (AvgIpc) is 3.15. The van der Waals surface area contributed by atoms with Gasteiger partial charge in [0.1, 0.15) is 0 Å². The van der Waals surface area contributed by atoms with Crippen LogP contribution in [0.1, 0.15) is 29.6 Å². The van der Waals surface area contributed by atoms with Gasteiger partial charge >= 0.3 is 0 Å². The first kappa shape index (κ1) is 17.4. The van der Waals surface area contributed by atoms with Crippen molar-refractivity contribution in [2.75, 3.05) is 39.7 Å². The summed E-state index contributed by atoms with van der Waals surface area (Å²) < 4.78 is 22.6. The van der Waals surface area contributed by atoms with E-state index in [1.165, 1.54) is 0 Å². The van der Waals surface area contributed by atoms with Crippen molar-refractivity contribution >= 4 is 5.91 Å². The number of carbonyl (C=O) groups is 1. The lowest BCUT2D eigenvalue weighted by Gasteiger charge is -2.50. The van der Waals surface area contributed by atoms with Crippen molar-refractivity contribution in [1.29, 1.82) is 0 Å². The smallest absolute Gasteiger partial charge is 0.254 e. The summed E-state index contributed by atoms with van der Waals surface area (Å²) in [5, 5.41) is 0. The van der Waals surface area contributed by atoms with Crippen molar-refractivity contribution in [2.45, 2.75) is 25.4 Å². The van der Waals surface area contributed by atoms with Crippen molar-refractivity contribution in [3.8, 4) is 11.5 Å². The van der Waals surface area contributed by atoms with E-state index in [1.807, 2.05) is 4.90 Å². The molecular weight excluding hydrogens is 334 g/mol. The number of fused-ring (bicyclic) bond motifs is 2. The van der Waals surface area contributed by atoms with Gasteiger partial charge in [-0.3, -0.25) is 4.79 Å². The summed E-state index contributed by atoms with van der Waals surface area (Å²) in [6.07, 6.45) is 4.77. The van der Waals surface area contributed by atoms with Gasteiger partial charge in [0, 0.05) is 30.7 Å². The van der Waals surface area contributed by atoms with Crippen LogP contribution in [0.5, 0.6) is 11.5 Å². The molecule has 2 atom stereocenters. The lowest BCUT2D eigenvalue weighted by molar-refractivity contribution is -0.144. The van der Waals surface area contributed by atoms with Crippen molar-refractivity contribution < 1.29 is 23.7 Å². The van der Waals surface area contributed by atoms with Crippen molar-refractivity contribution in [3.63, 3.8) is 0 Å². The quantitative estimate of drug-likeness (QED) is 0.598. The Balaban J connectivity index is 1.51. The molecule has 0 unspecified atom stereocenters. The third-order valence-corrected chi connectivity index (χ3v) is 5.52. The van der Waals surface area contributed by atoms with Gasteiger partial charge in [-0.05, 0) is 37.5 Å². The van der Waals surface area contributed by atoms with Gasteiger partial charge in [0.2, 0.25) is 6.79 Å². The first-order valence-corrected chi connectivity index (χ1v) is 9.21. The Bertz CT molecular complexity index is 691. The molecule has 3 heterocycles. The van der Waals surface area contributed by atoms with Crippen LogP contribution in [0.4, 0.5) is 0 Å². The monoisotopic (exact) mass is 359 g/mol. The summed E-state index contributed by atoms with van der Waals surface area (Å²) in [7, 11) is 0. The molecule has 2 saturated heterocycles. The van der Waals surface area contributed by atoms with Crippen LogP contribution in [0.2, 0.25) is 0 Å². The summed E-state index contributed by atoms with van der Waals surface area (Å²) in [6.45, 7) is 7.18. The predicted molar refractivity (Wildman–Crippen MR) is 95.5 cm³/mol. The summed E-state index contributed by atoms with van der Waals surface area (Å²) in [5.41, 5.74) is 0.498. The van der Waals surface area contributed by atoms with Gasteiger partial charge in [0.15, 0.2) is 11.5 Å². The van der Waals surface area contributed by atoms with Gasteiger partial charge in [-0.25, -0.2) is 0 Å². The minimum absolute atomic E-state index is 0.0235. The molecule has 1 amide bonds. The molecule has 26 heavy (non-hydrogen) atoms. The summed E-state index contributed by atoms with van der Waals surface area (Å²) >= 11 is 0. The highest BCUT2D eigenvalue weighted by molar-refractivity contribution is 5.95. The van der Waals surface area contributed by atoms with E-state index < -0.39 is 0 Å². The number of benzene rings is 1. The summed E-state index contributed by atoms with van der Waals surface area (Å²) in [6, 6.07) is 5.38. The number of hydrogen-bond donors (Lipinski definition) is 0. The number of amides is 1. The zero-order chi connectivity index (χ0) is 18.0. The van der Waals surface area contributed by atoms with E-state index in [2.05, 4.69) is 6.58 Å². The fraction of sp³-hybridized carbons (Fsp3) is 0.550. The minimum atomic E-state index is -0.133. The Kier molecular flexibility index (Phi) is 4.87. The number of ether oxygens (including phenoxy) is 4. The zero-order valence-electron chi connectivity index (χ0n) is 14.9. The molecule has 0 spiro atoms. The predicted octanol–water partition coefficient (Wildman–Crippen LogP) is 2.63. The van der Waals surface area contributed by atoms with Crippen LogP contribution in [0.3, 0.4) is 0 Å².